The molecule has 2 rings (SSSR count). The Morgan fingerprint density at radius 1 is 1.30 bits per heavy atom. The Labute approximate surface area is 119 Å². The van der Waals surface area contributed by atoms with Crippen molar-refractivity contribution in [2.45, 2.75) is 38.6 Å². The Hall–Kier alpha value is -1.84. The molecule has 108 valence electrons. The Kier molecular flexibility index (Phi) is 4.42. The second-order valence-electron chi connectivity index (χ2n) is 5.54. The number of ketones is 1. The smallest absolute Gasteiger partial charge is 0.223 e. The normalized spacial score (nSPS) is 17.3. The molecule has 1 heterocycles. The zero-order valence-electron chi connectivity index (χ0n) is 12.1. The van der Waals surface area contributed by atoms with Gasteiger partial charge < -0.3 is 9.64 Å². The van der Waals surface area contributed by atoms with Gasteiger partial charge in [-0.1, -0.05) is 18.2 Å². The molecule has 1 fully saturated rings. The van der Waals surface area contributed by atoms with Crippen LogP contribution in [0.4, 0.5) is 0 Å². The van der Waals surface area contributed by atoms with Crippen LogP contribution in [0.2, 0.25) is 0 Å². The van der Waals surface area contributed by atoms with Gasteiger partial charge in [-0.15, -0.1) is 0 Å². The maximum atomic E-state index is 12.1. The third kappa shape index (κ3) is 3.18. The topological polar surface area (TPSA) is 46.6 Å². The molecule has 1 aromatic carbocycles. The van der Waals surface area contributed by atoms with E-state index in [-0.39, 0.29) is 11.7 Å². The van der Waals surface area contributed by atoms with E-state index in [0.717, 1.165) is 5.75 Å². The number of benzene rings is 1. The van der Waals surface area contributed by atoms with Crippen LogP contribution in [0.15, 0.2) is 30.3 Å². The first-order chi connectivity index (χ1) is 9.51. The summed E-state index contributed by atoms with van der Waals surface area (Å²) in [6, 6.07) is 9.55. The lowest BCUT2D eigenvalue weighted by molar-refractivity contribution is -0.139. The predicted molar refractivity (Wildman–Crippen MR) is 76.6 cm³/mol. The quantitative estimate of drug-likeness (QED) is 0.775. The van der Waals surface area contributed by atoms with Crippen LogP contribution in [0, 0.1) is 0 Å². The molecule has 0 N–H and O–H groups in total. The number of carbonyl (C=O) groups is 2. The summed E-state index contributed by atoms with van der Waals surface area (Å²) < 4.78 is 5.55. The number of para-hydroxylation sites is 1. The molecule has 0 atom stereocenters. The molecule has 0 unspecified atom stereocenters. The molecular weight excluding hydrogens is 254 g/mol. The Morgan fingerprint density at radius 3 is 2.60 bits per heavy atom. The number of rotatable bonds is 5. The fraction of sp³-hybridized carbons (Fsp3) is 0.500. The van der Waals surface area contributed by atoms with E-state index >= 15 is 0 Å². The highest BCUT2D eigenvalue weighted by molar-refractivity contribution is 5.95. The lowest BCUT2D eigenvalue weighted by Crippen LogP contribution is -2.46. The van der Waals surface area contributed by atoms with E-state index in [1.54, 1.807) is 4.90 Å². The summed E-state index contributed by atoms with van der Waals surface area (Å²) in [6.45, 7) is 4.70. The predicted octanol–water partition coefficient (Wildman–Crippen LogP) is 2.43. The summed E-state index contributed by atoms with van der Waals surface area (Å²) in [5, 5.41) is 0. The number of carbonyl (C=O) groups excluding carboxylic acids is 2. The fourth-order valence-electron chi connectivity index (χ4n) is 2.45. The van der Waals surface area contributed by atoms with Gasteiger partial charge in [0.15, 0.2) is 5.78 Å². The number of Topliss-reactive ketones (excluding diaryl/α,β-unsaturated/α-hetero) is 1. The van der Waals surface area contributed by atoms with E-state index in [9.17, 15) is 9.59 Å². The lowest BCUT2D eigenvalue weighted by atomic mass is 10.0. The average Bonchev–Trinajstić information content (AvgIpc) is 2.70. The van der Waals surface area contributed by atoms with Crippen molar-refractivity contribution in [3.8, 4) is 5.75 Å². The number of hydrogen-bond donors (Lipinski definition) is 0. The molecule has 0 saturated carbocycles. The van der Waals surface area contributed by atoms with Crippen LogP contribution in [-0.2, 0) is 9.59 Å². The summed E-state index contributed by atoms with van der Waals surface area (Å²) in [4.78, 5) is 25.5. The number of hydrogen-bond acceptors (Lipinski definition) is 3. The summed E-state index contributed by atoms with van der Waals surface area (Å²) >= 11 is 0. The second kappa shape index (κ2) is 6.07. The van der Waals surface area contributed by atoms with Crippen LogP contribution >= 0.6 is 0 Å². The largest absolute Gasteiger partial charge is 0.494 e. The molecule has 0 aliphatic carbocycles. The third-order valence-electron chi connectivity index (χ3n) is 3.77. The van der Waals surface area contributed by atoms with Gasteiger partial charge in [0, 0.05) is 19.4 Å². The number of nitrogens with zero attached hydrogens (tertiary/aromatic N) is 1. The van der Waals surface area contributed by atoms with Crippen molar-refractivity contribution >= 4 is 11.7 Å². The summed E-state index contributed by atoms with van der Waals surface area (Å²) in [6.07, 6.45) is 1.55. The highest BCUT2D eigenvalue weighted by Crippen LogP contribution is 2.25. The summed E-state index contributed by atoms with van der Waals surface area (Å²) in [7, 11) is 0. The van der Waals surface area contributed by atoms with E-state index in [1.165, 1.54) is 0 Å². The molecule has 4 heteroatoms. The van der Waals surface area contributed by atoms with Crippen molar-refractivity contribution in [2.75, 3.05) is 13.2 Å². The SMILES string of the molecule is CC1(C)C(=O)CCN1C(=O)CCCOc1ccccc1. The van der Waals surface area contributed by atoms with Gasteiger partial charge in [-0.3, -0.25) is 9.59 Å². The van der Waals surface area contributed by atoms with Gasteiger partial charge in [0.25, 0.3) is 0 Å². The van der Waals surface area contributed by atoms with Crippen molar-refractivity contribution in [2.24, 2.45) is 0 Å². The molecule has 1 saturated heterocycles. The van der Waals surface area contributed by atoms with Gasteiger partial charge in [-0.05, 0) is 32.4 Å². The Bertz CT molecular complexity index is 482. The molecule has 1 amide bonds. The van der Waals surface area contributed by atoms with Crippen molar-refractivity contribution in [3.63, 3.8) is 0 Å². The zero-order valence-corrected chi connectivity index (χ0v) is 12.1. The molecule has 1 aromatic rings. The second-order valence-corrected chi connectivity index (χ2v) is 5.54. The molecule has 0 spiro atoms. The van der Waals surface area contributed by atoms with Gasteiger partial charge in [0.2, 0.25) is 5.91 Å². The van der Waals surface area contributed by atoms with Gasteiger partial charge in [-0.25, -0.2) is 0 Å². The van der Waals surface area contributed by atoms with Gasteiger partial charge in [0.1, 0.15) is 5.75 Å². The maximum Gasteiger partial charge on any atom is 0.223 e. The summed E-state index contributed by atoms with van der Waals surface area (Å²) in [5.41, 5.74) is -0.641. The first kappa shape index (κ1) is 14.6. The van der Waals surface area contributed by atoms with Crippen molar-refractivity contribution in [1.29, 1.82) is 0 Å². The molecular formula is C16H21NO3. The monoisotopic (exact) mass is 275 g/mol. The van der Waals surface area contributed by atoms with Gasteiger partial charge >= 0.3 is 0 Å². The lowest BCUT2D eigenvalue weighted by Gasteiger charge is -2.30. The number of ether oxygens (including phenoxy) is 1. The van der Waals surface area contributed by atoms with E-state index < -0.39 is 5.54 Å². The average molecular weight is 275 g/mol. The first-order valence-electron chi connectivity index (χ1n) is 7.03. The third-order valence-corrected chi connectivity index (χ3v) is 3.77. The number of amides is 1. The molecule has 20 heavy (non-hydrogen) atoms. The summed E-state index contributed by atoms with van der Waals surface area (Å²) in [5.74, 6) is 1.00. The van der Waals surface area contributed by atoms with E-state index in [2.05, 4.69) is 0 Å². The van der Waals surface area contributed by atoms with Crippen LogP contribution in [0.3, 0.4) is 0 Å². The molecule has 0 aromatic heterocycles. The minimum absolute atomic E-state index is 0.0394. The van der Waals surface area contributed by atoms with Crippen LogP contribution < -0.4 is 4.74 Å². The molecule has 1 aliphatic heterocycles. The van der Waals surface area contributed by atoms with E-state index in [1.807, 2.05) is 44.2 Å². The highest BCUT2D eigenvalue weighted by Gasteiger charge is 2.42. The van der Waals surface area contributed by atoms with Crippen molar-refractivity contribution in [1.82, 2.24) is 4.90 Å². The minimum Gasteiger partial charge on any atom is -0.494 e. The standard InChI is InChI=1S/C16H21NO3/c1-16(2)14(18)10-11-17(16)15(19)9-6-12-20-13-7-4-3-5-8-13/h3-5,7-8H,6,9-12H2,1-2H3. The fourth-order valence-corrected chi connectivity index (χ4v) is 2.45. The van der Waals surface area contributed by atoms with Crippen molar-refractivity contribution in [3.05, 3.63) is 30.3 Å². The van der Waals surface area contributed by atoms with E-state index in [0.29, 0.717) is 32.4 Å². The zero-order chi connectivity index (χ0) is 14.6. The molecule has 0 radical (unpaired) electrons. The molecule has 1 aliphatic rings. The van der Waals surface area contributed by atoms with Crippen LogP contribution in [0.25, 0.3) is 0 Å². The van der Waals surface area contributed by atoms with E-state index in [4.69, 9.17) is 4.74 Å². The van der Waals surface area contributed by atoms with Gasteiger partial charge in [0.05, 0.1) is 12.1 Å². The molecule has 4 nitrogen and oxygen atoms in total. The maximum absolute atomic E-state index is 12.1. The number of likely N-dealkylation sites (tertiary alicyclic amines) is 1. The van der Waals surface area contributed by atoms with Crippen LogP contribution in [0.5, 0.6) is 5.75 Å². The minimum atomic E-state index is -0.641. The van der Waals surface area contributed by atoms with Crippen molar-refractivity contribution < 1.29 is 14.3 Å². The first-order valence-corrected chi connectivity index (χ1v) is 7.03. The van der Waals surface area contributed by atoms with Crippen LogP contribution in [0.1, 0.15) is 33.1 Å². The highest BCUT2D eigenvalue weighted by atomic mass is 16.5. The Balaban J connectivity index is 1.75. The Morgan fingerprint density at radius 2 is 2.00 bits per heavy atom. The molecule has 0 bridgehead atoms. The van der Waals surface area contributed by atoms with Crippen LogP contribution in [-0.4, -0.2) is 35.3 Å². The van der Waals surface area contributed by atoms with Gasteiger partial charge in [-0.2, -0.15) is 0 Å².